The lowest BCUT2D eigenvalue weighted by atomic mass is 9.93. The number of anilines is 2. The number of amides is 2. The molecule has 1 aliphatic rings. The Morgan fingerprint density at radius 3 is 2.56 bits per heavy atom. The summed E-state index contributed by atoms with van der Waals surface area (Å²) < 4.78 is 5.29. The molecule has 6 nitrogen and oxygen atoms in total. The van der Waals surface area contributed by atoms with Gasteiger partial charge in [0.25, 0.3) is 0 Å². The van der Waals surface area contributed by atoms with Gasteiger partial charge in [-0.1, -0.05) is 43.6 Å². The summed E-state index contributed by atoms with van der Waals surface area (Å²) >= 11 is 0. The Kier molecular flexibility index (Phi) is 4.37. The van der Waals surface area contributed by atoms with E-state index in [1.165, 1.54) is 0 Å². The number of nitrogens with zero attached hydrogens (tertiary/aromatic N) is 2. The Hall–Kier alpha value is -2.63. The van der Waals surface area contributed by atoms with Crippen LogP contribution < -0.4 is 10.2 Å². The third-order valence-electron chi connectivity index (χ3n) is 4.33. The van der Waals surface area contributed by atoms with Gasteiger partial charge in [-0.05, 0) is 25.5 Å². The van der Waals surface area contributed by atoms with Crippen LogP contribution >= 0.6 is 0 Å². The average Bonchev–Trinajstić information content (AvgIpc) is 3.15. The largest absolute Gasteiger partial charge is 0.359 e. The Labute approximate surface area is 147 Å². The molecular weight excluding hydrogens is 318 g/mol. The number of hydrogen-bond acceptors (Lipinski definition) is 4. The molecule has 1 atom stereocenters. The van der Waals surface area contributed by atoms with Crippen molar-refractivity contribution >= 4 is 23.3 Å². The van der Waals surface area contributed by atoms with Gasteiger partial charge >= 0.3 is 0 Å². The zero-order valence-electron chi connectivity index (χ0n) is 15.0. The van der Waals surface area contributed by atoms with Crippen LogP contribution in [0.4, 0.5) is 11.5 Å². The number of carbonyl (C=O) groups is 2. The van der Waals surface area contributed by atoms with E-state index in [0.717, 1.165) is 11.3 Å². The lowest BCUT2D eigenvalue weighted by Gasteiger charge is -2.23. The van der Waals surface area contributed by atoms with Crippen molar-refractivity contribution in [2.45, 2.75) is 52.0 Å². The summed E-state index contributed by atoms with van der Waals surface area (Å²) in [5.74, 6) is 0.776. The third-order valence-corrected chi connectivity index (χ3v) is 4.33. The van der Waals surface area contributed by atoms with Gasteiger partial charge in [0.2, 0.25) is 11.8 Å². The highest BCUT2D eigenvalue weighted by molar-refractivity contribution is 6.07. The molecule has 2 amide bonds. The second-order valence-corrected chi connectivity index (χ2v) is 7.47. The summed E-state index contributed by atoms with van der Waals surface area (Å²) in [4.78, 5) is 26.5. The predicted octanol–water partition coefficient (Wildman–Crippen LogP) is 3.41. The van der Waals surface area contributed by atoms with E-state index in [4.69, 9.17) is 4.52 Å². The predicted molar refractivity (Wildman–Crippen MR) is 95.5 cm³/mol. The summed E-state index contributed by atoms with van der Waals surface area (Å²) in [7, 11) is 0. The summed E-state index contributed by atoms with van der Waals surface area (Å²) in [5.41, 5.74) is 1.66. The van der Waals surface area contributed by atoms with Crippen molar-refractivity contribution in [3.05, 3.63) is 41.7 Å². The molecule has 0 bridgehead atoms. The molecule has 1 fully saturated rings. The fourth-order valence-corrected chi connectivity index (χ4v) is 2.86. The highest BCUT2D eigenvalue weighted by Gasteiger charge is 2.37. The fourth-order valence-electron chi connectivity index (χ4n) is 2.86. The van der Waals surface area contributed by atoms with Gasteiger partial charge in [0.1, 0.15) is 11.8 Å². The SMILES string of the molecule is Cc1ccc(N2C(=O)CC[C@H]2C(=O)Nc2cc(C(C)(C)C)on2)cc1. The highest BCUT2D eigenvalue weighted by Crippen LogP contribution is 2.29. The van der Waals surface area contributed by atoms with Crippen molar-refractivity contribution in [3.8, 4) is 0 Å². The van der Waals surface area contributed by atoms with Crippen LogP contribution in [0.2, 0.25) is 0 Å². The lowest BCUT2D eigenvalue weighted by molar-refractivity contribution is -0.120. The van der Waals surface area contributed by atoms with Crippen LogP contribution in [0.25, 0.3) is 0 Å². The van der Waals surface area contributed by atoms with Crippen molar-refractivity contribution in [2.75, 3.05) is 10.2 Å². The normalized spacial score (nSPS) is 17.8. The Balaban J connectivity index is 1.77. The second-order valence-electron chi connectivity index (χ2n) is 7.47. The van der Waals surface area contributed by atoms with Gasteiger partial charge in [0.15, 0.2) is 5.82 Å². The molecule has 2 heterocycles. The third kappa shape index (κ3) is 3.57. The number of benzene rings is 1. The summed E-state index contributed by atoms with van der Waals surface area (Å²) in [6.45, 7) is 8.01. The fraction of sp³-hybridized carbons (Fsp3) is 0.421. The van der Waals surface area contributed by atoms with E-state index in [-0.39, 0.29) is 17.2 Å². The summed E-state index contributed by atoms with van der Waals surface area (Å²) in [5, 5.41) is 6.68. The standard InChI is InChI=1S/C19H23N3O3/c1-12-5-7-13(8-6-12)22-14(9-10-17(22)23)18(24)20-16-11-15(25-21-16)19(2,3)4/h5-8,11,14H,9-10H2,1-4H3,(H,20,21,24)/t14-/m0/s1. The molecular formula is C19H23N3O3. The lowest BCUT2D eigenvalue weighted by Crippen LogP contribution is -2.41. The maximum absolute atomic E-state index is 12.7. The molecule has 0 radical (unpaired) electrons. The maximum atomic E-state index is 12.7. The van der Waals surface area contributed by atoms with E-state index >= 15 is 0 Å². The van der Waals surface area contributed by atoms with Crippen LogP contribution in [0.1, 0.15) is 44.9 Å². The number of nitrogens with one attached hydrogen (secondary N) is 1. The molecule has 132 valence electrons. The molecule has 1 aromatic carbocycles. The molecule has 3 rings (SSSR count). The first-order chi connectivity index (χ1) is 11.8. The van der Waals surface area contributed by atoms with Crippen molar-refractivity contribution in [3.63, 3.8) is 0 Å². The smallest absolute Gasteiger partial charge is 0.248 e. The zero-order valence-corrected chi connectivity index (χ0v) is 15.0. The van der Waals surface area contributed by atoms with Crippen molar-refractivity contribution in [1.82, 2.24) is 5.16 Å². The van der Waals surface area contributed by atoms with Crippen LogP contribution in [0.15, 0.2) is 34.9 Å². The van der Waals surface area contributed by atoms with Crippen LogP contribution in [0.5, 0.6) is 0 Å². The van der Waals surface area contributed by atoms with Crippen molar-refractivity contribution in [1.29, 1.82) is 0 Å². The molecule has 1 aromatic heterocycles. The van der Waals surface area contributed by atoms with Crippen LogP contribution in [0.3, 0.4) is 0 Å². The molecule has 0 aliphatic carbocycles. The van der Waals surface area contributed by atoms with Crippen molar-refractivity contribution in [2.24, 2.45) is 0 Å². The Bertz CT molecular complexity index is 787. The minimum Gasteiger partial charge on any atom is -0.359 e. The minimum atomic E-state index is -0.537. The van der Waals surface area contributed by atoms with Gasteiger partial charge in [-0.2, -0.15) is 0 Å². The molecule has 25 heavy (non-hydrogen) atoms. The molecule has 1 aliphatic heterocycles. The average molecular weight is 341 g/mol. The first-order valence-electron chi connectivity index (χ1n) is 8.42. The number of aryl methyl sites for hydroxylation is 1. The number of aromatic nitrogens is 1. The Morgan fingerprint density at radius 1 is 1.28 bits per heavy atom. The molecule has 6 heteroatoms. The van der Waals surface area contributed by atoms with E-state index in [0.29, 0.717) is 24.4 Å². The first kappa shape index (κ1) is 17.2. The van der Waals surface area contributed by atoms with Crippen LogP contribution in [-0.2, 0) is 15.0 Å². The van der Waals surface area contributed by atoms with Gasteiger partial charge in [-0.25, -0.2) is 0 Å². The molecule has 0 saturated carbocycles. The van der Waals surface area contributed by atoms with Gasteiger partial charge < -0.3 is 9.84 Å². The van der Waals surface area contributed by atoms with Crippen LogP contribution in [0, 0.1) is 6.92 Å². The van der Waals surface area contributed by atoms with E-state index in [1.54, 1.807) is 11.0 Å². The maximum Gasteiger partial charge on any atom is 0.248 e. The minimum absolute atomic E-state index is 0.0421. The molecule has 2 aromatic rings. The van der Waals surface area contributed by atoms with Crippen molar-refractivity contribution < 1.29 is 14.1 Å². The number of hydrogen-bond donors (Lipinski definition) is 1. The van der Waals surface area contributed by atoms with E-state index < -0.39 is 6.04 Å². The highest BCUT2D eigenvalue weighted by atomic mass is 16.5. The molecule has 1 saturated heterocycles. The van der Waals surface area contributed by atoms with Gasteiger partial charge in [0, 0.05) is 23.6 Å². The number of carbonyl (C=O) groups excluding carboxylic acids is 2. The first-order valence-corrected chi connectivity index (χ1v) is 8.42. The molecule has 0 unspecified atom stereocenters. The quantitative estimate of drug-likeness (QED) is 0.928. The van der Waals surface area contributed by atoms with Gasteiger partial charge in [-0.15, -0.1) is 0 Å². The van der Waals surface area contributed by atoms with E-state index in [1.807, 2.05) is 52.0 Å². The van der Waals surface area contributed by atoms with Gasteiger partial charge in [-0.3, -0.25) is 14.5 Å². The summed E-state index contributed by atoms with van der Waals surface area (Å²) in [6.07, 6.45) is 0.848. The molecule has 1 N–H and O–H groups in total. The molecule has 0 spiro atoms. The second kappa shape index (κ2) is 6.35. The topological polar surface area (TPSA) is 75.4 Å². The zero-order chi connectivity index (χ0) is 18.2. The monoisotopic (exact) mass is 341 g/mol. The summed E-state index contributed by atoms with van der Waals surface area (Å²) in [6, 6.07) is 8.79. The van der Waals surface area contributed by atoms with Crippen LogP contribution in [-0.4, -0.2) is 23.0 Å². The van der Waals surface area contributed by atoms with Gasteiger partial charge in [0.05, 0.1) is 0 Å². The van der Waals surface area contributed by atoms with E-state index in [2.05, 4.69) is 10.5 Å². The van der Waals surface area contributed by atoms with E-state index in [9.17, 15) is 9.59 Å². The number of rotatable bonds is 3. The Morgan fingerprint density at radius 2 is 1.96 bits per heavy atom.